The molecule has 4 nitrogen and oxygen atoms in total. The predicted molar refractivity (Wildman–Crippen MR) is 41.1 cm³/mol. The maximum Gasteiger partial charge on any atom is 0.258 e. The van der Waals surface area contributed by atoms with Gasteiger partial charge in [-0.2, -0.15) is 0 Å². The molecule has 0 radical (unpaired) electrons. The number of amides is 1. The molecule has 0 aliphatic rings. The van der Waals surface area contributed by atoms with Crippen molar-refractivity contribution in [2.45, 2.75) is 0 Å². The molecule has 0 spiro atoms. The van der Waals surface area contributed by atoms with Crippen molar-refractivity contribution in [3.8, 4) is 0 Å². The smallest absolute Gasteiger partial charge is 0.258 e. The summed E-state index contributed by atoms with van der Waals surface area (Å²) in [7, 11) is 3.32. The molecule has 1 heterocycles. The van der Waals surface area contributed by atoms with Gasteiger partial charge in [0.1, 0.15) is 5.56 Å². The minimum absolute atomic E-state index is 0.142. The Morgan fingerprint density at radius 1 is 1.64 bits per heavy atom. The van der Waals surface area contributed by atoms with Crippen LogP contribution in [0.25, 0.3) is 0 Å². The summed E-state index contributed by atoms with van der Waals surface area (Å²) in [5, 5.41) is 0. The lowest BCUT2D eigenvalue weighted by atomic mass is 10.3. The normalized spacial score (nSPS) is 9.64. The van der Waals surface area contributed by atoms with E-state index in [9.17, 15) is 4.79 Å². The lowest BCUT2D eigenvalue weighted by Crippen LogP contribution is -2.21. The Kier molecular flexibility index (Phi) is 1.85. The highest BCUT2D eigenvalue weighted by Gasteiger charge is 2.13. The molecule has 0 atom stereocenters. The zero-order valence-corrected chi connectivity index (χ0v) is 6.50. The van der Waals surface area contributed by atoms with Gasteiger partial charge in [-0.3, -0.25) is 4.79 Å². The second-order valence-electron chi connectivity index (χ2n) is 2.40. The van der Waals surface area contributed by atoms with Crippen LogP contribution in [-0.4, -0.2) is 24.9 Å². The summed E-state index contributed by atoms with van der Waals surface area (Å²) in [5.74, 6) is 0.0277. The SMILES string of the molecule is CN(C)C(=O)c1ccoc1N. The number of anilines is 1. The van der Waals surface area contributed by atoms with Crippen LogP contribution in [0.1, 0.15) is 10.4 Å². The molecule has 1 amide bonds. The molecular formula is C7H10N2O2. The molecule has 4 heteroatoms. The van der Waals surface area contributed by atoms with Crippen molar-refractivity contribution < 1.29 is 9.21 Å². The van der Waals surface area contributed by atoms with E-state index in [4.69, 9.17) is 10.2 Å². The Bertz CT molecular complexity index is 265. The lowest BCUT2D eigenvalue weighted by molar-refractivity contribution is 0.0828. The zero-order valence-electron chi connectivity index (χ0n) is 6.50. The summed E-state index contributed by atoms with van der Waals surface area (Å²) in [6, 6.07) is 1.55. The Labute approximate surface area is 64.6 Å². The summed E-state index contributed by atoms with van der Waals surface area (Å²) >= 11 is 0. The number of nitrogen functional groups attached to an aromatic ring is 1. The number of hydrogen-bond acceptors (Lipinski definition) is 3. The van der Waals surface area contributed by atoms with Gasteiger partial charge >= 0.3 is 0 Å². The van der Waals surface area contributed by atoms with E-state index in [-0.39, 0.29) is 11.8 Å². The van der Waals surface area contributed by atoms with E-state index in [1.165, 1.54) is 11.2 Å². The maximum absolute atomic E-state index is 11.2. The fourth-order valence-electron chi connectivity index (χ4n) is 0.739. The highest BCUT2D eigenvalue weighted by atomic mass is 16.3. The van der Waals surface area contributed by atoms with Crippen LogP contribution >= 0.6 is 0 Å². The van der Waals surface area contributed by atoms with Crippen LogP contribution in [0.3, 0.4) is 0 Å². The molecule has 0 saturated carbocycles. The first-order valence-electron chi connectivity index (χ1n) is 3.17. The molecule has 60 valence electrons. The average molecular weight is 154 g/mol. The van der Waals surface area contributed by atoms with Crippen molar-refractivity contribution >= 4 is 11.8 Å². The second kappa shape index (κ2) is 2.65. The van der Waals surface area contributed by atoms with E-state index >= 15 is 0 Å². The molecule has 1 aromatic heterocycles. The van der Waals surface area contributed by atoms with E-state index < -0.39 is 0 Å². The summed E-state index contributed by atoms with van der Waals surface area (Å²) in [6.07, 6.45) is 1.39. The molecule has 0 bridgehead atoms. The number of nitrogens with two attached hydrogens (primary N) is 1. The first-order chi connectivity index (χ1) is 5.13. The largest absolute Gasteiger partial charge is 0.448 e. The van der Waals surface area contributed by atoms with Crippen molar-refractivity contribution in [3.05, 3.63) is 17.9 Å². The predicted octanol–water partition coefficient (Wildman–Crippen LogP) is 0.564. The number of nitrogens with zero attached hydrogens (tertiary/aromatic N) is 1. The summed E-state index contributed by atoms with van der Waals surface area (Å²) in [6.45, 7) is 0. The van der Waals surface area contributed by atoms with Crippen molar-refractivity contribution in [3.63, 3.8) is 0 Å². The third kappa shape index (κ3) is 1.34. The lowest BCUT2D eigenvalue weighted by Gasteiger charge is -2.07. The average Bonchev–Trinajstić information content (AvgIpc) is 2.33. The first kappa shape index (κ1) is 7.65. The van der Waals surface area contributed by atoms with Gasteiger partial charge in [0.2, 0.25) is 5.88 Å². The molecule has 0 fully saturated rings. The molecule has 0 saturated heterocycles. The van der Waals surface area contributed by atoms with Crippen LogP contribution in [0.5, 0.6) is 0 Å². The van der Waals surface area contributed by atoms with Crippen molar-refractivity contribution in [1.82, 2.24) is 4.90 Å². The third-order valence-electron chi connectivity index (χ3n) is 1.33. The van der Waals surface area contributed by atoms with Crippen molar-refractivity contribution in [2.24, 2.45) is 0 Å². The molecule has 0 aromatic carbocycles. The molecule has 0 unspecified atom stereocenters. The Balaban J connectivity index is 2.93. The topological polar surface area (TPSA) is 59.5 Å². The highest BCUT2D eigenvalue weighted by Crippen LogP contribution is 2.13. The number of furan rings is 1. The second-order valence-corrected chi connectivity index (χ2v) is 2.40. The summed E-state index contributed by atoms with van der Waals surface area (Å²) < 4.78 is 4.77. The van der Waals surface area contributed by atoms with E-state index in [1.54, 1.807) is 20.2 Å². The third-order valence-corrected chi connectivity index (χ3v) is 1.33. The number of hydrogen-bond donors (Lipinski definition) is 1. The molecule has 1 rings (SSSR count). The zero-order chi connectivity index (χ0) is 8.43. The Hall–Kier alpha value is -1.45. The van der Waals surface area contributed by atoms with Gasteiger partial charge in [0.25, 0.3) is 5.91 Å². The molecule has 11 heavy (non-hydrogen) atoms. The summed E-state index contributed by atoms with van der Waals surface area (Å²) in [5.41, 5.74) is 5.78. The van der Waals surface area contributed by atoms with Crippen LogP contribution in [0, 0.1) is 0 Å². The van der Waals surface area contributed by atoms with Crippen LogP contribution in [0.15, 0.2) is 16.7 Å². The maximum atomic E-state index is 11.2. The van der Waals surface area contributed by atoms with E-state index in [0.717, 1.165) is 0 Å². The number of carbonyl (C=O) groups excluding carboxylic acids is 1. The number of carbonyl (C=O) groups is 1. The highest BCUT2D eigenvalue weighted by molar-refractivity contribution is 5.97. The first-order valence-corrected chi connectivity index (χ1v) is 3.17. The van der Waals surface area contributed by atoms with Gasteiger partial charge in [0.15, 0.2) is 0 Å². The molecule has 0 aliphatic heterocycles. The van der Waals surface area contributed by atoms with Gasteiger partial charge in [-0.15, -0.1) is 0 Å². The van der Waals surface area contributed by atoms with Gasteiger partial charge in [-0.25, -0.2) is 0 Å². The van der Waals surface area contributed by atoms with Gasteiger partial charge < -0.3 is 15.1 Å². The molecular weight excluding hydrogens is 144 g/mol. The Morgan fingerprint density at radius 3 is 2.64 bits per heavy atom. The van der Waals surface area contributed by atoms with Gasteiger partial charge in [0.05, 0.1) is 6.26 Å². The standard InChI is InChI=1S/C7H10N2O2/c1-9(2)7(10)5-3-4-11-6(5)8/h3-4H,8H2,1-2H3. The molecule has 1 aromatic rings. The van der Waals surface area contributed by atoms with Crippen LogP contribution in [0.4, 0.5) is 5.88 Å². The minimum Gasteiger partial charge on any atom is -0.448 e. The van der Waals surface area contributed by atoms with Crippen LogP contribution in [-0.2, 0) is 0 Å². The Morgan fingerprint density at radius 2 is 2.27 bits per heavy atom. The van der Waals surface area contributed by atoms with E-state index in [0.29, 0.717) is 5.56 Å². The van der Waals surface area contributed by atoms with Crippen molar-refractivity contribution in [2.75, 3.05) is 19.8 Å². The fraction of sp³-hybridized carbons (Fsp3) is 0.286. The van der Waals surface area contributed by atoms with Gasteiger partial charge in [-0.05, 0) is 6.07 Å². The van der Waals surface area contributed by atoms with Crippen LogP contribution in [0.2, 0.25) is 0 Å². The number of rotatable bonds is 1. The van der Waals surface area contributed by atoms with Crippen molar-refractivity contribution in [1.29, 1.82) is 0 Å². The van der Waals surface area contributed by atoms with Crippen LogP contribution < -0.4 is 5.73 Å². The van der Waals surface area contributed by atoms with E-state index in [2.05, 4.69) is 0 Å². The quantitative estimate of drug-likeness (QED) is 0.643. The monoisotopic (exact) mass is 154 g/mol. The van der Waals surface area contributed by atoms with E-state index in [1.807, 2.05) is 0 Å². The summed E-state index contributed by atoms with van der Waals surface area (Å²) in [4.78, 5) is 12.7. The van der Waals surface area contributed by atoms with Gasteiger partial charge in [-0.1, -0.05) is 0 Å². The minimum atomic E-state index is -0.142. The molecule has 2 N–H and O–H groups in total. The molecule has 0 aliphatic carbocycles. The van der Waals surface area contributed by atoms with Gasteiger partial charge in [0, 0.05) is 14.1 Å². The fourth-order valence-corrected chi connectivity index (χ4v) is 0.739.